The third-order valence-electron chi connectivity index (χ3n) is 4.53. The van der Waals surface area contributed by atoms with Gasteiger partial charge in [-0.05, 0) is 62.2 Å². The molecular formula is C22H22F3N3O3. The van der Waals surface area contributed by atoms with Crippen molar-refractivity contribution < 1.29 is 27.5 Å². The van der Waals surface area contributed by atoms with E-state index in [9.17, 15) is 28.0 Å². The standard InChI is InChI=1S/C22H22F3N3O3/c1-4-9-28-14(2)10-16(15(28)3)11-17(12-26)21(30)31-13-20(29)27-19-7-5-18(6-8-19)22(23,24)25/h5-8,10-11H,4,9,13H2,1-3H3,(H,27,29)/b17-11+. The zero-order valence-corrected chi connectivity index (χ0v) is 17.3. The summed E-state index contributed by atoms with van der Waals surface area (Å²) in [6.45, 7) is 5.97. The van der Waals surface area contributed by atoms with E-state index in [4.69, 9.17) is 4.74 Å². The lowest BCUT2D eigenvalue weighted by Crippen LogP contribution is -2.21. The van der Waals surface area contributed by atoms with E-state index in [-0.39, 0.29) is 11.3 Å². The molecule has 1 aromatic carbocycles. The van der Waals surface area contributed by atoms with E-state index in [1.54, 1.807) is 6.07 Å². The monoisotopic (exact) mass is 433 g/mol. The highest BCUT2D eigenvalue weighted by atomic mass is 19.4. The van der Waals surface area contributed by atoms with Gasteiger partial charge in [-0.3, -0.25) is 4.79 Å². The Morgan fingerprint density at radius 3 is 2.42 bits per heavy atom. The van der Waals surface area contributed by atoms with Crippen LogP contribution in [0.4, 0.5) is 18.9 Å². The quantitative estimate of drug-likeness (QED) is 0.392. The summed E-state index contributed by atoms with van der Waals surface area (Å²) in [6, 6.07) is 7.46. The summed E-state index contributed by atoms with van der Waals surface area (Å²) in [4.78, 5) is 24.1. The van der Waals surface area contributed by atoms with Crippen molar-refractivity contribution in [1.29, 1.82) is 5.26 Å². The zero-order valence-electron chi connectivity index (χ0n) is 17.3. The molecule has 0 saturated carbocycles. The fourth-order valence-corrected chi connectivity index (χ4v) is 2.98. The van der Waals surface area contributed by atoms with Crippen LogP contribution >= 0.6 is 0 Å². The molecule has 0 atom stereocenters. The van der Waals surface area contributed by atoms with Crippen LogP contribution in [0.25, 0.3) is 6.08 Å². The molecule has 1 amide bonds. The maximum Gasteiger partial charge on any atom is 0.416 e. The SMILES string of the molecule is CCCn1c(C)cc(/C=C(\C#N)C(=O)OCC(=O)Nc2ccc(C(F)(F)F)cc2)c1C. The Hall–Kier alpha value is -3.54. The first-order valence-electron chi connectivity index (χ1n) is 9.49. The number of ether oxygens (including phenoxy) is 1. The van der Waals surface area contributed by atoms with Crippen molar-refractivity contribution in [3.05, 3.63) is 58.4 Å². The molecule has 0 aliphatic heterocycles. The van der Waals surface area contributed by atoms with Crippen LogP contribution in [0.2, 0.25) is 0 Å². The molecule has 1 aromatic heterocycles. The zero-order chi connectivity index (χ0) is 23.2. The Morgan fingerprint density at radius 2 is 1.87 bits per heavy atom. The van der Waals surface area contributed by atoms with E-state index in [2.05, 4.69) is 9.88 Å². The van der Waals surface area contributed by atoms with E-state index < -0.39 is 30.2 Å². The number of amides is 1. The van der Waals surface area contributed by atoms with Crippen molar-refractivity contribution >= 4 is 23.6 Å². The van der Waals surface area contributed by atoms with E-state index >= 15 is 0 Å². The lowest BCUT2D eigenvalue weighted by Gasteiger charge is -2.09. The lowest BCUT2D eigenvalue weighted by atomic mass is 10.1. The molecule has 1 heterocycles. The number of nitriles is 1. The minimum Gasteiger partial charge on any atom is -0.451 e. The number of hydrogen-bond donors (Lipinski definition) is 1. The molecule has 0 aliphatic rings. The van der Waals surface area contributed by atoms with Gasteiger partial charge in [0.15, 0.2) is 6.61 Å². The van der Waals surface area contributed by atoms with Gasteiger partial charge >= 0.3 is 12.1 Å². The van der Waals surface area contributed by atoms with Crippen LogP contribution in [-0.4, -0.2) is 23.1 Å². The Morgan fingerprint density at radius 1 is 1.23 bits per heavy atom. The van der Waals surface area contributed by atoms with Crippen LogP contribution in [0.3, 0.4) is 0 Å². The molecular weight excluding hydrogens is 411 g/mol. The summed E-state index contributed by atoms with van der Waals surface area (Å²) in [5, 5.41) is 11.6. The van der Waals surface area contributed by atoms with Crippen LogP contribution in [-0.2, 0) is 27.0 Å². The van der Waals surface area contributed by atoms with Crippen LogP contribution in [0, 0.1) is 25.2 Å². The largest absolute Gasteiger partial charge is 0.451 e. The normalized spacial score (nSPS) is 11.7. The number of hydrogen-bond acceptors (Lipinski definition) is 4. The van der Waals surface area contributed by atoms with Crippen molar-refractivity contribution in [2.75, 3.05) is 11.9 Å². The van der Waals surface area contributed by atoms with Crippen LogP contribution in [0.1, 0.15) is 35.9 Å². The summed E-state index contributed by atoms with van der Waals surface area (Å²) in [6.07, 6.45) is -2.14. The second-order valence-corrected chi connectivity index (χ2v) is 6.85. The first kappa shape index (κ1) is 23.7. The Bertz CT molecular complexity index is 1030. The van der Waals surface area contributed by atoms with Gasteiger partial charge in [-0.1, -0.05) is 6.92 Å². The summed E-state index contributed by atoms with van der Waals surface area (Å²) in [5.41, 5.74) is 1.60. The second kappa shape index (κ2) is 9.98. The van der Waals surface area contributed by atoms with Gasteiger partial charge in [0.1, 0.15) is 11.6 Å². The molecule has 0 aliphatic carbocycles. The molecule has 0 fully saturated rings. The number of nitrogens with one attached hydrogen (secondary N) is 1. The molecule has 6 nitrogen and oxygen atoms in total. The Labute approximate surface area is 177 Å². The highest BCUT2D eigenvalue weighted by Crippen LogP contribution is 2.29. The van der Waals surface area contributed by atoms with Crippen molar-refractivity contribution in [2.24, 2.45) is 0 Å². The third-order valence-corrected chi connectivity index (χ3v) is 4.53. The summed E-state index contributed by atoms with van der Waals surface area (Å²) < 4.78 is 44.6. The van der Waals surface area contributed by atoms with Gasteiger partial charge in [-0.25, -0.2) is 4.79 Å². The number of carbonyl (C=O) groups excluding carboxylic acids is 2. The number of rotatable bonds is 7. The van der Waals surface area contributed by atoms with Gasteiger partial charge in [-0.15, -0.1) is 0 Å². The predicted octanol–water partition coefficient (Wildman–Crippen LogP) is 4.62. The van der Waals surface area contributed by atoms with Gasteiger partial charge in [-0.2, -0.15) is 18.4 Å². The van der Waals surface area contributed by atoms with Crippen molar-refractivity contribution in [1.82, 2.24) is 4.57 Å². The molecule has 0 saturated heterocycles. The van der Waals surface area contributed by atoms with Gasteiger partial charge in [0.25, 0.3) is 5.91 Å². The first-order valence-corrected chi connectivity index (χ1v) is 9.49. The average Bonchev–Trinajstić information content (AvgIpc) is 2.97. The maximum absolute atomic E-state index is 12.6. The molecule has 0 unspecified atom stereocenters. The fraction of sp³-hybridized carbons (Fsp3) is 0.318. The number of aromatic nitrogens is 1. The molecule has 9 heteroatoms. The lowest BCUT2D eigenvalue weighted by molar-refractivity contribution is -0.142. The number of halogens is 3. The van der Waals surface area contributed by atoms with Crippen LogP contribution in [0.15, 0.2) is 35.9 Å². The van der Waals surface area contributed by atoms with Crippen molar-refractivity contribution in [3.63, 3.8) is 0 Å². The highest BCUT2D eigenvalue weighted by Gasteiger charge is 2.30. The molecule has 2 aromatic rings. The molecule has 31 heavy (non-hydrogen) atoms. The number of carbonyl (C=O) groups is 2. The van der Waals surface area contributed by atoms with Gasteiger partial charge < -0.3 is 14.6 Å². The topological polar surface area (TPSA) is 84.1 Å². The van der Waals surface area contributed by atoms with Crippen molar-refractivity contribution in [3.8, 4) is 6.07 Å². The third kappa shape index (κ3) is 6.22. The summed E-state index contributed by atoms with van der Waals surface area (Å²) in [7, 11) is 0. The van der Waals surface area contributed by atoms with E-state index in [0.29, 0.717) is 5.56 Å². The Balaban J connectivity index is 2.00. The number of benzene rings is 1. The number of alkyl halides is 3. The van der Waals surface area contributed by atoms with E-state index in [1.165, 1.54) is 6.08 Å². The summed E-state index contributed by atoms with van der Waals surface area (Å²) >= 11 is 0. The van der Waals surface area contributed by atoms with Crippen LogP contribution < -0.4 is 5.32 Å². The highest BCUT2D eigenvalue weighted by molar-refractivity contribution is 6.00. The minimum absolute atomic E-state index is 0.119. The smallest absolute Gasteiger partial charge is 0.416 e. The summed E-state index contributed by atoms with van der Waals surface area (Å²) in [5.74, 6) is -1.71. The van der Waals surface area contributed by atoms with E-state index in [1.807, 2.05) is 26.8 Å². The molecule has 164 valence electrons. The van der Waals surface area contributed by atoms with Crippen LogP contribution in [0.5, 0.6) is 0 Å². The molecule has 2 rings (SSSR count). The second-order valence-electron chi connectivity index (χ2n) is 6.85. The number of aryl methyl sites for hydroxylation is 1. The van der Waals surface area contributed by atoms with Gasteiger partial charge in [0.2, 0.25) is 0 Å². The fourth-order valence-electron chi connectivity index (χ4n) is 2.98. The molecule has 0 radical (unpaired) electrons. The van der Waals surface area contributed by atoms with Gasteiger partial charge in [0, 0.05) is 23.6 Å². The molecule has 0 bridgehead atoms. The average molecular weight is 433 g/mol. The first-order chi connectivity index (χ1) is 14.6. The van der Waals surface area contributed by atoms with Crippen molar-refractivity contribution in [2.45, 2.75) is 39.9 Å². The molecule has 0 spiro atoms. The van der Waals surface area contributed by atoms with Gasteiger partial charge in [0.05, 0.1) is 5.56 Å². The Kier molecular flexibility index (Phi) is 7.64. The number of esters is 1. The number of anilines is 1. The number of nitrogens with zero attached hydrogens (tertiary/aromatic N) is 2. The maximum atomic E-state index is 12.6. The minimum atomic E-state index is -4.48. The van der Waals surface area contributed by atoms with E-state index in [0.717, 1.165) is 48.6 Å². The predicted molar refractivity (Wildman–Crippen MR) is 109 cm³/mol. The molecule has 1 N–H and O–H groups in total.